The summed E-state index contributed by atoms with van der Waals surface area (Å²) in [5.74, 6) is -2.06. The zero-order chi connectivity index (χ0) is 24.9. The fraction of sp³-hybridized carbons (Fsp3) is 0.500. The summed E-state index contributed by atoms with van der Waals surface area (Å²) in [5.41, 5.74) is 13.9. The third kappa shape index (κ3) is 5.91. The summed E-state index contributed by atoms with van der Waals surface area (Å²) in [4.78, 5) is 51.2. The Morgan fingerprint density at radius 2 is 1.06 bits per heavy atom. The van der Waals surface area contributed by atoms with Gasteiger partial charge in [-0.1, -0.05) is 12.8 Å². The summed E-state index contributed by atoms with van der Waals surface area (Å²) < 4.78 is 5.30. The fourth-order valence-electron chi connectivity index (χ4n) is 4.74. The second-order valence-electron chi connectivity index (χ2n) is 8.85. The van der Waals surface area contributed by atoms with Gasteiger partial charge in [0.05, 0.1) is 11.1 Å². The van der Waals surface area contributed by atoms with Gasteiger partial charge in [-0.3, -0.25) is 19.2 Å². The molecule has 0 spiro atoms. The van der Waals surface area contributed by atoms with Crippen LogP contribution in [0.4, 0.5) is 10.0 Å². The minimum atomic E-state index is -0.556. The summed E-state index contributed by atoms with van der Waals surface area (Å²) >= 11 is 2.76. The number of hydrogen-bond donors (Lipinski definition) is 4. The van der Waals surface area contributed by atoms with E-state index in [2.05, 4.69) is 10.6 Å². The standard InChI is InChI=1S/C24H30N4O5S2/c25-21(31)19-13-7-3-1-5-9-15(13)34-23(19)27-17(29)11-33-12-18(30)28-24-20(22(26)32)14-8-4-2-6-10-16(14)35-24/h1-12H2,(H2,25,31)(H2,26,32)(H,27,29)(H,28,30). The molecule has 0 aliphatic heterocycles. The van der Waals surface area contributed by atoms with Crippen molar-refractivity contribution in [1.29, 1.82) is 0 Å². The molecule has 188 valence electrons. The quantitative estimate of drug-likeness (QED) is 0.395. The highest BCUT2D eigenvalue weighted by atomic mass is 32.1. The number of carbonyl (C=O) groups excluding carboxylic acids is 4. The molecule has 0 fully saturated rings. The van der Waals surface area contributed by atoms with Crippen molar-refractivity contribution < 1.29 is 23.9 Å². The van der Waals surface area contributed by atoms with Crippen LogP contribution < -0.4 is 22.1 Å². The van der Waals surface area contributed by atoms with E-state index < -0.39 is 23.6 Å². The molecule has 2 heterocycles. The van der Waals surface area contributed by atoms with Gasteiger partial charge in [0, 0.05) is 9.75 Å². The van der Waals surface area contributed by atoms with Crippen molar-refractivity contribution in [2.75, 3.05) is 23.8 Å². The average Bonchev–Trinajstić information content (AvgIpc) is 3.08. The number of nitrogens with one attached hydrogen (secondary N) is 2. The fourth-order valence-corrected chi connectivity index (χ4v) is 7.37. The lowest BCUT2D eigenvalue weighted by Crippen LogP contribution is -2.25. The zero-order valence-electron chi connectivity index (χ0n) is 19.5. The molecule has 2 aromatic heterocycles. The van der Waals surface area contributed by atoms with Crippen LogP contribution in [-0.4, -0.2) is 36.8 Å². The molecule has 4 amide bonds. The monoisotopic (exact) mass is 518 g/mol. The van der Waals surface area contributed by atoms with Crippen LogP contribution in [0.25, 0.3) is 0 Å². The molecule has 35 heavy (non-hydrogen) atoms. The molecule has 6 N–H and O–H groups in total. The smallest absolute Gasteiger partial charge is 0.251 e. The first-order chi connectivity index (χ1) is 16.8. The molecule has 0 aromatic carbocycles. The molecule has 2 aliphatic carbocycles. The highest BCUT2D eigenvalue weighted by Crippen LogP contribution is 2.38. The van der Waals surface area contributed by atoms with Gasteiger partial charge in [-0.15, -0.1) is 22.7 Å². The predicted octanol–water partition coefficient (Wildman–Crippen LogP) is 3.14. The number of fused-ring (bicyclic) bond motifs is 2. The summed E-state index contributed by atoms with van der Waals surface area (Å²) in [7, 11) is 0. The summed E-state index contributed by atoms with van der Waals surface area (Å²) in [6, 6.07) is 0. The summed E-state index contributed by atoms with van der Waals surface area (Å²) in [5, 5.41) is 6.31. The number of anilines is 2. The summed E-state index contributed by atoms with van der Waals surface area (Å²) in [6.07, 6.45) is 9.55. The third-order valence-corrected chi connectivity index (χ3v) is 8.72. The second kappa shape index (κ2) is 11.3. The van der Waals surface area contributed by atoms with Crippen molar-refractivity contribution in [3.8, 4) is 0 Å². The van der Waals surface area contributed by atoms with E-state index in [0.29, 0.717) is 21.1 Å². The normalized spacial score (nSPS) is 15.3. The Balaban J connectivity index is 1.33. The molecule has 0 unspecified atom stereocenters. The van der Waals surface area contributed by atoms with Crippen LogP contribution in [0, 0.1) is 0 Å². The molecular weight excluding hydrogens is 488 g/mol. The van der Waals surface area contributed by atoms with Crippen LogP contribution in [0.3, 0.4) is 0 Å². The number of amides is 4. The van der Waals surface area contributed by atoms with Crippen molar-refractivity contribution in [2.24, 2.45) is 11.5 Å². The van der Waals surface area contributed by atoms with Gasteiger partial charge in [0.15, 0.2) is 0 Å². The first-order valence-electron chi connectivity index (χ1n) is 11.9. The van der Waals surface area contributed by atoms with E-state index in [1.165, 1.54) is 22.7 Å². The van der Waals surface area contributed by atoms with Crippen LogP contribution in [0.15, 0.2) is 0 Å². The van der Waals surface area contributed by atoms with Gasteiger partial charge in [0.25, 0.3) is 23.6 Å². The Bertz CT molecular complexity index is 1070. The molecule has 0 atom stereocenters. The number of nitrogens with two attached hydrogens (primary N) is 2. The third-order valence-electron chi connectivity index (χ3n) is 6.31. The topological polar surface area (TPSA) is 154 Å². The van der Waals surface area contributed by atoms with Gasteiger partial charge in [-0.2, -0.15) is 0 Å². The maximum atomic E-state index is 12.4. The molecule has 0 saturated carbocycles. The number of primary amides is 2. The number of thiophene rings is 2. The van der Waals surface area contributed by atoms with Gasteiger partial charge < -0.3 is 26.8 Å². The van der Waals surface area contributed by atoms with Gasteiger partial charge >= 0.3 is 0 Å². The average molecular weight is 519 g/mol. The van der Waals surface area contributed by atoms with E-state index in [4.69, 9.17) is 16.2 Å². The van der Waals surface area contributed by atoms with Crippen LogP contribution >= 0.6 is 22.7 Å². The lowest BCUT2D eigenvalue weighted by Gasteiger charge is -2.08. The second-order valence-corrected chi connectivity index (χ2v) is 11.1. The van der Waals surface area contributed by atoms with Crippen LogP contribution in [-0.2, 0) is 40.0 Å². The van der Waals surface area contributed by atoms with Crippen molar-refractivity contribution in [1.82, 2.24) is 0 Å². The van der Waals surface area contributed by atoms with Crippen molar-refractivity contribution >= 4 is 56.3 Å². The predicted molar refractivity (Wildman–Crippen MR) is 136 cm³/mol. The minimum absolute atomic E-state index is 0.363. The number of carbonyl (C=O) groups is 4. The molecule has 0 saturated heterocycles. The molecule has 0 bridgehead atoms. The van der Waals surface area contributed by atoms with Crippen LogP contribution in [0.2, 0.25) is 0 Å². The van der Waals surface area contributed by atoms with Crippen LogP contribution in [0.5, 0.6) is 0 Å². The molecule has 2 aromatic rings. The number of rotatable bonds is 8. The van der Waals surface area contributed by atoms with Crippen molar-refractivity contribution in [2.45, 2.75) is 64.2 Å². The van der Waals surface area contributed by atoms with E-state index in [0.717, 1.165) is 85.1 Å². The highest BCUT2D eigenvalue weighted by Gasteiger charge is 2.26. The molecule has 2 aliphatic rings. The van der Waals surface area contributed by atoms with E-state index in [9.17, 15) is 19.2 Å². The van der Waals surface area contributed by atoms with E-state index in [-0.39, 0.29) is 13.2 Å². The number of hydrogen-bond acceptors (Lipinski definition) is 7. The molecule has 0 radical (unpaired) electrons. The van der Waals surface area contributed by atoms with Gasteiger partial charge in [-0.05, 0) is 62.5 Å². The number of aryl methyl sites for hydroxylation is 2. The lowest BCUT2D eigenvalue weighted by molar-refractivity contribution is -0.125. The van der Waals surface area contributed by atoms with Gasteiger partial charge in [0.1, 0.15) is 23.2 Å². The van der Waals surface area contributed by atoms with Gasteiger partial charge in [-0.25, -0.2) is 0 Å². The molecule has 9 nitrogen and oxygen atoms in total. The van der Waals surface area contributed by atoms with E-state index in [1.807, 2.05) is 0 Å². The Labute approximate surface area is 211 Å². The largest absolute Gasteiger partial charge is 0.365 e. The van der Waals surface area contributed by atoms with Gasteiger partial charge in [0.2, 0.25) is 0 Å². The summed E-state index contributed by atoms with van der Waals surface area (Å²) in [6.45, 7) is -0.727. The Morgan fingerprint density at radius 3 is 1.46 bits per heavy atom. The zero-order valence-corrected chi connectivity index (χ0v) is 21.1. The minimum Gasteiger partial charge on any atom is -0.365 e. The Morgan fingerprint density at radius 1 is 0.657 bits per heavy atom. The molecule has 4 rings (SSSR count). The van der Waals surface area contributed by atoms with Crippen LogP contribution in [0.1, 0.15) is 80.1 Å². The van der Waals surface area contributed by atoms with E-state index >= 15 is 0 Å². The van der Waals surface area contributed by atoms with Crippen molar-refractivity contribution in [3.05, 3.63) is 32.0 Å². The molecular formula is C24H30N4O5S2. The molecule has 11 heteroatoms. The Kier molecular flexibility index (Phi) is 8.19. The van der Waals surface area contributed by atoms with E-state index in [1.54, 1.807) is 0 Å². The SMILES string of the molecule is NC(=O)c1c(NC(=O)COCC(=O)Nc2sc3c(c2C(N)=O)CCCCC3)sc2c1CCCCC2. The van der Waals surface area contributed by atoms with Crippen molar-refractivity contribution in [3.63, 3.8) is 0 Å². The highest BCUT2D eigenvalue weighted by molar-refractivity contribution is 7.17. The number of ether oxygens (including phenoxy) is 1. The first kappa shape index (κ1) is 25.3. The Hall–Kier alpha value is -2.76. The first-order valence-corrected chi connectivity index (χ1v) is 13.5. The maximum absolute atomic E-state index is 12.4. The maximum Gasteiger partial charge on any atom is 0.251 e. The lowest BCUT2D eigenvalue weighted by atomic mass is 10.1.